The van der Waals surface area contributed by atoms with Gasteiger partial charge in [0.15, 0.2) is 0 Å². The molecule has 1 saturated heterocycles. The number of carboxylic acids is 1. The van der Waals surface area contributed by atoms with E-state index in [1.54, 1.807) is 0 Å². The number of amides is 4. The van der Waals surface area contributed by atoms with Crippen molar-refractivity contribution in [2.45, 2.75) is 90.4 Å². The molecule has 1 aliphatic rings. The molecule has 0 saturated carbocycles. The highest BCUT2D eigenvalue weighted by Crippen LogP contribution is 2.22. The van der Waals surface area contributed by atoms with Crippen LogP contribution in [0.1, 0.15) is 66.2 Å². The van der Waals surface area contributed by atoms with E-state index in [0.29, 0.717) is 32.2 Å². The molecule has 11 heteroatoms. The smallest absolute Gasteiger partial charge is 0.326 e. The molecular weight excluding hydrogens is 430 g/mol. The Bertz CT molecular complexity index is 728. The topological polar surface area (TPSA) is 185 Å². The van der Waals surface area contributed by atoms with Gasteiger partial charge in [0, 0.05) is 13.0 Å². The molecule has 1 fully saturated rings. The molecule has 0 aromatic carbocycles. The molecule has 7 N–H and O–H groups in total. The van der Waals surface area contributed by atoms with Crippen molar-refractivity contribution < 1.29 is 29.1 Å². The molecule has 11 nitrogen and oxygen atoms in total. The van der Waals surface area contributed by atoms with Gasteiger partial charge in [-0.25, -0.2) is 4.79 Å². The number of hydrogen-bond acceptors (Lipinski definition) is 6. The van der Waals surface area contributed by atoms with Gasteiger partial charge in [0.25, 0.3) is 0 Å². The molecule has 1 aliphatic heterocycles. The molecule has 4 amide bonds. The number of primary amides is 1. The molecule has 5 unspecified atom stereocenters. The number of hydrogen-bond donors (Lipinski definition) is 5. The standard InChI is InChI=1S/C22H39N5O6/c1-5-13(4)18(26-19(29)14(23)11-12(2)3)21(31)27-10-6-7-16(27)20(30)25-15(22(32)33)8-9-17(24)28/h12-16,18H,5-11,23H2,1-4H3,(H2,24,28)(H,25,30)(H,26,29)(H,32,33). The van der Waals surface area contributed by atoms with Gasteiger partial charge >= 0.3 is 5.97 Å². The fourth-order valence-electron chi connectivity index (χ4n) is 3.85. The minimum atomic E-state index is -1.29. The number of likely N-dealkylation sites (tertiary alicyclic amines) is 1. The Balaban J connectivity index is 2.96. The van der Waals surface area contributed by atoms with Gasteiger partial charge in [-0.05, 0) is 37.5 Å². The van der Waals surface area contributed by atoms with Crippen LogP contribution in [0.5, 0.6) is 0 Å². The average molecular weight is 470 g/mol. The highest BCUT2D eigenvalue weighted by molar-refractivity contribution is 5.94. The number of rotatable bonds is 13. The van der Waals surface area contributed by atoms with Crippen LogP contribution in [-0.4, -0.2) is 70.3 Å². The van der Waals surface area contributed by atoms with Crippen LogP contribution in [0.15, 0.2) is 0 Å². The maximum atomic E-state index is 13.4. The van der Waals surface area contributed by atoms with Crippen molar-refractivity contribution >= 4 is 29.6 Å². The molecule has 0 aromatic rings. The maximum absolute atomic E-state index is 13.4. The molecule has 1 heterocycles. The van der Waals surface area contributed by atoms with Gasteiger partial charge in [0.1, 0.15) is 18.1 Å². The van der Waals surface area contributed by atoms with Crippen molar-refractivity contribution in [3.8, 4) is 0 Å². The van der Waals surface area contributed by atoms with E-state index >= 15 is 0 Å². The van der Waals surface area contributed by atoms with Crippen LogP contribution in [0, 0.1) is 11.8 Å². The van der Waals surface area contributed by atoms with Crippen LogP contribution in [0.3, 0.4) is 0 Å². The lowest BCUT2D eigenvalue weighted by molar-refractivity contribution is -0.145. The number of carboxylic acid groups (broad SMARTS) is 1. The van der Waals surface area contributed by atoms with Crippen LogP contribution in [0.2, 0.25) is 0 Å². The van der Waals surface area contributed by atoms with Gasteiger partial charge in [0.05, 0.1) is 6.04 Å². The summed E-state index contributed by atoms with van der Waals surface area (Å²) >= 11 is 0. The molecule has 5 atom stereocenters. The van der Waals surface area contributed by atoms with Gasteiger partial charge in [-0.2, -0.15) is 0 Å². The minimum Gasteiger partial charge on any atom is -0.480 e. The number of nitrogens with two attached hydrogens (primary N) is 2. The highest BCUT2D eigenvalue weighted by atomic mass is 16.4. The summed E-state index contributed by atoms with van der Waals surface area (Å²) in [6, 6.07) is -3.75. The average Bonchev–Trinajstić information content (AvgIpc) is 3.22. The van der Waals surface area contributed by atoms with Crippen molar-refractivity contribution in [2.24, 2.45) is 23.3 Å². The molecular formula is C22H39N5O6. The van der Waals surface area contributed by atoms with Crippen molar-refractivity contribution in [2.75, 3.05) is 6.54 Å². The van der Waals surface area contributed by atoms with E-state index in [4.69, 9.17) is 11.5 Å². The summed E-state index contributed by atoms with van der Waals surface area (Å²) in [5.41, 5.74) is 11.1. The predicted molar refractivity (Wildman–Crippen MR) is 122 cm³/mol. The Hall–Kier alpha value is -2.69. The van der Waals surface area contributed by atoms with Crippen LogP contribution in [0.4, 0.5) is 0 Å². The first-order valence-corrected chi connectivity index (χ1v) is 11.6. The van der Waals surface area contributed by atoms with E-state index in [0.717, 1.165) is 0 Å². The fraction of sp³-hybridized carbons (Fsp3) is 0.773. The van der Waals surface area contributed by atoms with Crippen LogP contribution in [-0.2, 0) is 24.0 Å². The van der Waals surface area contributed by atoms with Gasteiger partial charge in [-0.3, -0.25) is 19.2 Å². The monoisotopic (exact) mass is 469 g/mol. The molecule has 0 spiro atoms. The van der Waals surface area contributed by atoms with E-state index in [1.807, 2.05) is 27.7 Å². The van der Waals surface area contributed by atoms with Gasteiger partial charge in [0.2, 0.25) is 23.6 Å². The first-order chi connectivity index (χ1) is 15.4. The van der Waals surface area contributed by atoms with Gasteiger partial charge < -0.3 is 32.1 Å². The summed E-state index contributed by atoms with van der Waals surface area (Å²) in [6.07, 6.45) is 1.70. The first-order valence-electron chi connectivity index (χ1n) is 11.6. The summed E-state index contributed by atoms with van der Waals surface area (Å²) in [4.78, 5) is 62.7. The predicted octanol–water partition coefficient (Wildman–Crippen LogP) is -0.283. The number of carbonyl (C=O) groups is 5. The summed E-state index contributed by atoms with van der Waals surface area (Å²) < 4.78 is 0. The molecule has 33 heavy (non-hydrogen) atoms. The number of carbonyl (C=O) groups excluding carboxylic acids is 4. The lowest BCUT2D eigenvalue weighted by Crippen LogP contribution is -2.58. The normalized spacial score (nSPS) is 19.5. The van der Waals surface area contributed by atoms with Crippen molar-refractivity contribution in [3.63, 3.8) is 0 Å². The lowest BCUT2D eigenvalue weighted by atomic mass is 9.96. The second kappa shape index (κ2) is 13.1. The van der Waals surface area contributed by atoms with Crippen molar-refractivity contribution in [3.05, 3.63) is 0 Å². The second-order valence-corrected chi connectivity index (χ2v) is 9.20. The van der Waals surface area contributed by atoms with Crippen molar-refractivity contribution in [1.29, 1.82) is 0 Å². The zero-order valence-electron chi connectivity index (χ0n) is 20.0. The largest absolute Gasteiger partial charge is 0.480 e. The molecule has 188 valence electrons. The summed E-state index contributed by atoms with van der Waals surface area (Å²) in [6.45, 7) is 7.95. The third kappa shape index (κ3) is 8.64. The highest BCUT2D eigenvalue weighted by Gasteiger charge is 2.40. The lowest BCUT2D eigenvalue weighted by Gasteiger charge is -2.32. The Labute approximate surface area is 195 Å². The zero-order chi connectivity index (χ0) is 25.3. The summed E-state index contributed by atoms with van der Waals surface area (Å²) in [5, 5.41) is 14.5. The van der Waals surface area contributed by atoms with Crippen LogP contribution >= 0.6 is 0 Å². The molecule has 1 rings (SSSR count). The van der Waals surface area contributed by atoms with Crippen LogP contribution < -0.4 is 22.1 Å². The summed E-state index contributed by atoms with van der Waals surface area (Å²) in [7, 11) is 0. The third-order valence-electron chi connectivity index (χ3n) is 5.97. The van der Waals surface area contributed by atoms with E-state index in [1.165, 1.54) is 4.90 Å². The fourth-order valence-corrected chi connectivity index (χ4v) is 3.85. The first kappa shape index (κ1) is 28.3. The van der Waals surface area contributed by atoms with E-state index < -0.39 is 53.8 Å². The van der Waals surface area contributed by atoms with Crippen LogP contribution in [0.25, 0.3) is 0 Å². The number of nitrogens with one attached hydrogen (secondary N) is 2. The molecule has 0 aliphatic carbocycles. The Morgan fingerprint density at radius 1 is 1.12 bits per heavy atom. The minimum absolute atomic E-state index is 0.142. The number of aliphatic carboxylic acids is 1. The van der Waals surface area contributed by atoms with E-state index in [2.05, 4.69) is 10.6 Å². The Morgan fingerprint density at radius 2 is 1.76 bits per heavy atom. The third-order valence-corrected chi connectivity index (χ3v) is 5.97. The number of nitrogens with zero attached hydrogens (tertiary/aromatic N) is 1. The Kier molecular flexibility index (Phi) is 11.3. The molecule has 0 bridgehead atoms. The molecule has 0 radical (unpaired) electrons. The van der Waals surface area contributed by atoms with Gasteiger partial charge in [-0.1, -0.05) is 34.1 Å². The van der Waals surface area contributed by atoms with E-state index in [-0.39, 0.29) is 24.7 Å². The van der Waals surface area contributed by atoms with Gasteiger partial charge in [-0.15, -0.1) is 0 Å². The van der Waals surface area contributed by atoms with Crippen molar-refractivity contribution in [1.82, 2.24) is 15.5 Å². The molecule has 0 aromatic heterocycles. The second-order valence-electron chi connectivity index (χ2n) is 9.20. The Morgan fingerprint density at radius 3 is 2.27 bits per heavy atom. The SMILES string of the molecule is CCC(C)C(NC(=O)C(N)CC(C)C)C(=O)N1CCCC1C(=O)NC(CCC(N)=O)C(=O)O. The summed E-state index contributed by atoms with van der Waals surface area (Å²) in [5.74, 6) is -3.36. The zero-order valence-corrected chi connectivity index (χ0v) is 20.0. The maximum Gasteiger partial charge on any atom is 0.326 e. The quantitative estimate of drug-likeness (QED) is 0.245. The van der Waals surface area contributed by atoms with E-state index in [9.17, 15) is 29.1 Å².